The van der Waals surface area contributed by atoms with Crippen LogP contribution in [0.25, 0.3) is 0 Å². The Labute approximate surface area is 55.7 Å². The molecule has 0 aromatic heterocycles. The number of halogens is 1. The summed E-state index contributed by atoms with van der Waals surface area (Å²) in [5.41, 5.74) is 0. The van der Waals surface area contributed by atoms with Gasteiger partial charge in [0.2, 0.25) is 0 Å². The van der Waals surface area contributed by atoms with Crippen molar-refractivity contribution < 1.29 is 5.11 Å². The van der Waals surface area contributed by atoms with Crippen LogP contribution in [-0.2, 0) is 0 Å². The predicted molar refractivity (Wildman–Crippen MR) is 36.2 cm³/mol. The Morgan fingerprint density at radius 2 is 2.25 bits per heavy atom. The van der Waals surface area contributed by atoms with Crippen molar-refractivity contribution in [2.75, 3.05) is 12.5 Å². The molecular formula is C6H13ClO. The van der Waals surface area contributed by atoms with Crippen molar-refractivity contribution in [1.29, 1.82) is 0 Å². The third kappa shape index (κ3) is 4.41. The van der Waals surface area contributed by atoms with E-state index in [1.807, 2.05) is 6.92 Å². The summed E-state index contributed by atoms with van der Waals surface area (Å²) >= 11 is 5.42. The highest BCUT2D eigenvalue weighted by Crippen LogP contribution is 2.03. The number of aliphatic hydroxyl groups excluding tert-OH is 1. The molecule has 1 N–H and O–H groups in total. The molecule has 0 aliphatic carbocycles. The van der Waals surface area contributed by atoms with Crippen LogP contribution in [0.2, 0.25) is 0 Å². The minimum atomic E-state index is 0.289. The van der Waals surface area contributed by atoms with Gasteiger partial charge < -0.3 is 5.11 Å². The molecule has 2 heteroatoms. The van der Waals surface area contributed by atoms with Crippen LogP contribution in [-0.4, -0.2) is 17.6 Å². The summed E-state index contributed by atoms with van der Waals surface area (Å²) in [4.78, 5) is 0. The average molecular weight is 137 g/mol. The van der Waals surface area contributed by atoms with E-state index in [-0.39, 0.29) is 6.61 Å². The number of rotatable bonds is 4. The molecule has 0 saturated carbocycles. The number of hydrogen-bond donors (Lipinski definition) is 1. The van der Waals surface area contributed by atoms with E-state index in [4.69, 9.17) is 16.7 Å². The van der Waals surface area contributed by atoms with Crippen molar-refractivity contribution in [2.45, 2.75) is 19.8 Å². The van der Waals surface area contributed by atoms with Gasteiger partial charge in [0.05, 0.1) is 0 Å². The molecule has 0 amide bonds. The smallest absolute Gasteiger partial charge is 0.0456 e. The van der Waals surface area contributed by atoms with Crippen molar-refractivity contribution in [3.63, 3.8) is 0 Å². The molecule has 0 saturated heterocycles. The molecule has 50 valence electrons. The fourth-order valence-electron chi connectivity index (χ4n) is 0.517. The number of alkyl halides is 1. The zero-order chi connectivity index (χ0) is 6.41. The van der Waals surface area contributed by atoms with Gasteiger partial charge in [0, 0.05) is 12.5 Å². The summed E-state index contributed by atoms with van der Waals surface area (Å²) in [6.45, 7) is 2.31. The third-order valence-electron chi connectivity index (χ3n) is 1.14. The van der Waals surface area contributed by atoms with Gasteiger partial charge in [-0.2, -0.15) is 0 Å². The van der Waals surface area contributed by atoms with Crippen LogP contribution in [0.4, 0.5) is 0 Å². The normalized spacial score (nSPS) is 13.9. The summed E-state index contributed by atoms with van der Waals surface area (Å²) < 4.78 is 0. The van der Waals surface area contributed by atoms with Crippen LogP contribution >= 0.6 is 11.6 Å². The molecule has 1 atom stereocenters. The van der Waals surface area contributed by atoms with E-state index in [1.165, 1.54) is 0 Å². The molecular weight excluding hydrogens is 124 g/mol. The quantitative estimate of drug-likeness (QED) is 0.583. The van der Waals surface area contributed by atoms with Gasteiger partial charge >= 0.3 is 0 Å². The maximum atomic E-state index is 8.52. The Bertz CT molecular complexity index is 47.8. The van der Waals surface area contributed by atoms with Gasteiger partial charge in [-0.05, 0) is 18.8 Å². The second-order valence-electron chi connectivity index (χ2n) is 2.12. The Balaban J connectivity index is 2.86. The summed E-state index contributed by atoms with van der Waals surface area (Å²) in [5, 5.41) is 8.52. The summed E-state index contributed by atoms with van der Waals surface area (Å²) in [7, 11) is 0. The Morgan fingerprint density at radius 3 is 2.62 bits per heavy atom. The minimum absolute atomic E-state index is 0.289. The molecule has 0 aromatic rings. The molecule has 0 spiro atoms. The van der Waals surface area contributed by atoms with Crippen molar-refractivity contribution >= 4 is 11.6 Å². The highest BCUT2D eigenvalue weighted by molar-refractivity contribution is 6.17. The van der Waals surface area contributed by atoms with Gasteiger partial charge in [0.25, 0.3) is 0 Å². The van der Waals surface area contributed by atoms with Crippen molar-refractivity contribution in [3.8, 4) is 0 Å². The second-order valence-corrected chi connectivity index (χ2v) is 2.50. The van der Waals surface area contributed by atoms with E-state index in [1.54, 1.807) is 0 Å². The van der Waals surface area contributed by atoms with Gasteiger partial charge in [-0.25, -0.2) is 0 Å². The van der Waals surface area contributed by atoms with Gasteiger partial charge in [0.15, 0.2) is 0 Å². The predicted octanol–water partition coefficient (Wildman–Crippen LogP) is 1.63. The molecule has 0 bridgehead atoms. The number of hydrogen-bond acceptors (Lipinski definition) is 1. The van der Waals surface area contributed by atoms with E-state index in [0.29, 0.717) is 11.8 Å². The highest BCUT2D eigenvalue weighted by atomic mass is 35.5. The summed E-state index contributed by atoms with van der Waals surface area (Å²) in [6, 6.07) is 0. The average Bonchev–Trinajstić information content (AvgIpc) is 1.83. The van der Waals surface area contributed by atoms with E-state index >= 15 is 0 Å². The van der Waals surface area contributed by atoms with Crippen molar-refractivity contribution in [1.82, 2.24) is 0 Å². The van der Waals surface area contributed by atoms with Crippen molar-refractivity contribution in [3.05, 3.63) is 0 Å². The minimum Gasteiger partial charge on any atom is -0.396 e. The van der Waals surface area contributed by atoms with Crippen molar-refractivity contribution in [2.24, 2.45) is 5.92 Å². The first kappa shape index (κ1) is 8.25. The van der Waals surface area contributed by atoms with E-state index in [2.05, 4.69) is 0 Å². The summed E-state index contributed by atoms with van der Waals surface area (Å²) in [6.07, 6.45) is 2.06. The van der Waals surface area contributed by atoms with Gasteiger partial charge in [0.1, 0.15) is 0 Å². The molecule has 8 heavy (non-hydrogen) atoms. The van der Waals surface area contributed by atoms with E-state index in [0.717, 1.165) is 12.8 Å². The first-order valence-corrected chi connectivity index (χ1v) is 3.51. The lowest BCUT2D eigenvalue weighted by Gasteiger charge is -2.03. The van der Waals surface area contributed by atoms with Gasteiger partial charge in [-0.15, -0.1) is 11.6 Å². The molecule has 0 aromatic carbocycles. The Hall–Kier alpha value is 0.250. The molecule has 0 aliphatic heterocycles. The number of aliphatic hydroxyl groups is 1. The lowest BCUT2D eigenvalue weighted by molar-refractivity contribution is 0.230. The third-order valence-corrected chi connectivity index (χ3v) is 1.41. The standard InChI is InChI=1S/C6H13ClO/c1-6(5-8)3-2-4-7/h6,8H,2-5H2,1H3/t6-/m0/s1. The van der Waals surface area contributed by atoms with E-state index < -0.39 is 0 Å². The lowest BCUT2D eigenvalue weighted by Crippen LogP contribution is -1.99. The van der Waals surface area contributed by atoms with Crippen LogP contribution in [0.3, 0.4) is 0 Å². The fourth-order valence-corrected chi connectivity index (χ4v) is 0.671. The SMILES string of the molecule is C[C@H](CO)CCCCl. The molecule has 0 heterocycles. The first-order valence-electron chi connectivity index (χ1n) is 2.98. The van der Waals surface area contributed by atoms with Crippen LogP contribution < -0.4 is 0 Å². The lowest BCUT2D eigenvalue weighted by atomic mass is 10.1. The molecule has 0 fully saturated rings. The Morgan fingerprint density at radius 1 is 1.62 bits per heavy atom. The first-order chi connectivity index (χ1) is 3.81. The van der Waals surface area contributed by atoms with Crippen LogP contribution in [0.15, 0.2) is 0 Å². The maximum absolute atomic E-state index is 8.52. The highest BCUT2D eigenvalue weighted by Gasteiger charge is 1.96. The molecule has 0 radical (unpaired) electrons. The van der Waals surface area contributed by atoms with E-state index in [9.17, 15) is 0 Å². The molecule has 1 nitrogen and oxygen atoms in total. The zero-order valence-electron chi connectivity index (χ0n) is 5.23. The molecule has 0 unspecified atom stereocenters. The topological polar surface area (TPSA) is 20.2 Å². The monoisotopic (exact) mass is 136 g/mol. The van der Waals surface area contributed by atoms with Crippen LogP contribution in [0.5, 0.6) is 0 Å². The maximum Gasteiger partial charge on any atom is 0.0456 e. The Kier molecular flexibility index (Phi) is 5.56. The summed E-state index contributed by atoms with van der Waals surface area (Å²) in [5.74, 6) is 1.14. The second kappa shape index (κ2) is 5.39. The fraction of sp³-hybridized carbons (Fsp3) is 1.00. The van der Waals surface area contributed by atoms with Crippen LogP contribution in [0, 0.1) is 5.92 Å². The van der Waals surface area contributed by atoms with Gasteiger partial charge in [-0.1, -0.05) is 6.92 Å². The van der Waals surface area contributed by atoms with Gasteiger partial charge in [-0.3, -0.25) is 0 Å². The molecule has 0 aliphatic rings. The van der Waals surface area contributed by atoms with Crippen LogP contribution in [0.1, 0.15) is 19.8 Å². The molecule has 0 rings (SSSR count). The zero-order valence-corrected chi connectivity index (χ0v) is 5.99. The largest absolute Gasteiger partial charge is 0.396 e.